The van der Waals surface area contributed by atoms with E-state index in [0.717, 1.165) is 24.4 Å². The molecule has 154 valence electrons. The number of aryl methyl sites for hydroxylation is 1. The lowest BCUT2D eigenvalue weighted by Gasteiger charge is -2.36. The van der Waals surface area contributed by atoms with Crippen LogP contribution in [-0.4, -0.2) is 41.6 Å². The van der Waals surface area contributed by atoms with Crippen molar-refractivity contribution in [2.24, 2.45) is 5.92 Å². The van der Waals surface area contributed by atoms with Gasteiger partial charge in [-0.3, -0.25) is 4.79 Å². The number of halogens is 2. The summed E-state index contributed by atoms with van der Waals surface area (Å²) in [6.45, 7) is 4.23. The molecule has 2 N–H and O–H groups in total. The number of hydrogen-bond acceptors (Lipinski definition) is 6. The number of anilines is 3. The lowest BCUT2D eigenvalue weighted by Crippen LogP contribution is -2.45. The zero-order valence-electron chi connectivity index (χ0n) is 16.5. The maximum atomic E-state index is 13.1. The number of ether oxygens (including phenoxy) is 1. The molecule has 0 spiro atoms. The van der Waals surface area contributed by atoms with E-state index in [1.807, 2.05) is 25.8 Å². The molecule has 7 nitrogen and oxygen atoms in total. The predicted octanol–water partition coefficient (Wildman–Crippen LogP) is 3.62. The van der Waals surface area contributed by atoms with Crippen LogP contribution in [0.1, 0.15) is 25.5 Å². The minimum Gasteiger partial charge on any atom is -0.492 e. The first kappa shape index (κ1) is 19.7. The highest BCUT2D eigenvalue weighted by Gasteiger charge is 2.33. The van der Waals surface area contributed by atoms with Gasteiger partial charge in [0.25, 0.3) is 0 Å². The smallest absolute Gasteiger partial charge is 0.246 e. The zero-order valence-corrected chi connectivity index (χ0v) is 17.3. The Kier molecular flexibility index (Phi) is 5.21. The molecule has 1 aromatic carbocycles. The van der Waals surface area contributed by atoms with E-state index < -0.39 is 0 Å². The SMILES string of the molecule is Cc1nc(NC2CC(COc3ccc(F)cc3Cl)C2)nc2c1NC(=O)[C@H](C)N2C. The van der Waals surface area contributed by atoms with Crippen LogP contribution in [0.25, 0.3) is 0 Å². The Morgan fingerprint density at radius 2 is 2.14 bits per heavy atom. The first-order valence-electron chi connectivity index (χ1n) is 9.58. The normalized spacial score (nSPS) is 23.1. The highest BCUT2D eigenvalue weighted by atomic mass is 35.5. The average molecular weight is 420 g/mol. The molecule has 1 saturated carbocycles. The fraction of sp³-hybridized carbons (Fsp3) is 0.450. The van der Waals surface area contributed by atoms with Crippen LogP contribution in [0.4, 0.5) is 21.8 Å². The molecule has 0 radical (unpaired) electrons. The molecule has 1 fully saturated rings. The summed E-state index contributed by atoms with van der Waals surface area (Å²) >= 11 is 5.99. The fourth-order valence-corrected chi connectivity index (χ4v) is 3.80. The predicted molar refractivity (Wildman–Crippen MR) is 110 cm³/mol. The van der Waals surface area contributed by atoms with Crippen molar-refractivity contribution in [1.82, 2.24) is 9.97 Å². The van der Waals surface area contributed by atoms with Gasteiger partial charge in [-0.1, -0.05) is 11.6 Å². The van der Waals surface area contributed by atoms with Gasteiger partial charge in [0.05, 0.1) is 17.3 Å². The molecule has 1 aliphatic carbocycles. The Morgan fingerprint density at radius 1 is 1.38 bits per heavy atom. The van der Waals surface area contributed by atoms with Crippen molar-refractivity contribution in [3.63, 3.8) is 0 Å². The van der Waals surface area contributed by atoms with Crippen LogP contribution < -0.4 is 20.3 Å². The van der Waals surface area contributed by atoms with Crippen molar-refractivity contribution >= 4 is 35.0 Å². The average Bonchev–Trinajstić information content (AvgIpc) is 2.64. The largest absolute Gasteiger partial charge is 0.492 e. The van der Waals surface area contributed by atoms with Crippen molar-refractivity contribution < 1.29 is 13.9 Å². The van der Waals surface area contributed by atoms with E-state index >= 15 is 0 Å². The van der Waals surface area contributed by atoms with Crippen LogP contribution >= 0.6 is 11.6 Å². The third-order valence-corrected chi connectivity index (χ3v) is 5.85. The summed E-state index contributed by atoms with van der Waals surface area (Å²) in [5, 5.41) is 6.53. The summed E-state index contributed by atoms with van der Waals surface area (Å²) < 4.78 is 18.8. The van der Waals surface area contributed by atoms with E-state index in [4.69, 9.17) is 16.3 Å². The van der Waals surface area contributed by atoms with Crippen LogP contribution in [0.2, 0.25) is 5.02 Å². The number of carbonyl (C=O) groups is 1. The molecule has 4 rings (SSSR count). The van der Waals surface area contributed by atoms with E-state index in [2.05, 4.69) is 20.6 Å². The number of fused-ring (bicyclic) bond motifs is 1. The van der Waals surface area contributed by atoms with Gasteiger partial charge >= 0.3 is 0 Å². The number of amides is 1. The molecule has 29 heavy (non-hydrogen) atoms. The van der Waals surface area contributed by atoms with Gasteiger partial charge < -0.3 is 20.3 Å². The summed E-state index contributed by atoms with van der Waals surface area (Å²) in [5.41, 5.74) is 1.40. The lowest BCUT2D eigenvalue weighted by molar-refractivity contribution is -0.117. The number of nitrogens with zero attached hydrogens (tertiary/aromatic N) is 3. The van der Waals surface area contributed by atoms with Gasteiger partial charge in [-0.2, -0.15) is 4.98 Å². The third-order valence-electron chi connectivity index (χ3n) is 5.55. The van der Waals surface area contributed by atoms with E-state index in [-0.39, 0.29) is 28.8 Å². The Hall–Kier alpha value is -2.61. The second kappa shape index (κ2) is 7.67. The number of carbonyl (C=O) groups excluding carboxylic acids is 1. The monoisotopic (exact) mass is 419 g/mol. The van der Waals surface area contributed by atoms with E-state index in [0.29, 0.717) is 29.9 Å². The summed E-state index contributed by atoms with van der Waals surface area (Å²) in [5.74, 6) is 1.72. The lowest BCUT2D eigenvalue weighted by atomic mass is 9.81. The van der Waals surface area contributed by atoms with Gasteiger partial charge in [0, 0.05) is 13.1 Å². The number of benzene rings is 1. The molecule has 0 bridgehead atoms. The minimum absolute atomic E-state index is 0.0597. The number of hydrogen-bond donors (Lipinski definition) is 2. The Labute approximate surface area is 173 Å². The first-order valence-corrected chi connectivity index (χ1v) is 9.96. The van der Waals surface area contributed by atoms with Gasteiger partial charge in [-0.15, -0.1) is 0 Å². The van der Waals surface area contributed by atoms with Crippen molar-refractivity contribution in [3.05, 3.63) is 34.7 Å². The molecule has 0 unspecified atom stereocenters. The Balaban J connectivity index is 1.34. The van der Waals surface area contributed by atoms with Gasteiger partial charge in [0.15, 0.2) is 5.82 Å². The standard InChI is InChI=1S/C20H23ClFN5O2/c1-10-17-18(27(3)11(2)19(28)25-17)26-20(23-10)24-14-6-12(7-14)9-29-16-5-4-13(22)8-15(16)21/h4-5,8,11-12,14H,6-7,9H2,1-3H3,(H,25,28)(H,23,24,26)/t11-,12?,14?/m0/s1. The molecular formula is C20H23ClFN5O2. The van der Waals surface area contributed by atoms with Crippen molar-refractivity contribution in [2.45, 2.75) is 38.8 Å². The van der Waals surface area contributed by atoms with Crippen LogP contribution in [-0.2, 0) is 4.79 Å². The second-order valence-corrected chi connectivity index (χ2v) is 8.08. The number of aromatic nitrogens is 2. The van der Waals surface area contributed by atoms with Crippen LogP contribution in [0.3, 0.4) is 0 Å². The van der Waals surface area contributed by atoms with E-state index in [1.165, 1.54) is 12.1 Å². The molecule has 1 amide bonds. The number of nitrogens with one attached hydrogen (secondary N) is 2. The van der Waals surface area contributed by atoms with Crippen LogP contribution in [0.15, 0.2) is 18.2 Å². The summed E-state index contributed by atoms with van der Waals surface area (Å²) in [4.78, 5) is 23.0. The molecule has 1 aliphatic heterocycles. The van der Waals surface area contributed by atoms with Crippen molar-refractivity contribution in [3.8, 4) is 5.75 Å². The highest BCUT2D eigenvalue weighted by Crippen LogP contribution is 2.35. The maximum Gasteiger partial charge on any atom is 0.246 e. The summed E-state index contributed by atoms with van der Waals surface area (Å²) in [7, 11) is 1.86. The zero-order chi connectivity index (χ0) is 20.7. The van der Waals surface area contributed by atoms with E-state index in [1.54, 1.807) is 6.07 Å². The molecule has 2 aliphatic rings. The maximum absolute atomic E-state index is 13.1. The van der Waals surface area contributed by atoms with Crippen molar-refractivity contribution in [2.75, 3.05) is 29.2 Å². The highest BCUT2D eigenvalue weighted by molar-refractivity contribution is 6.32. The summed E-state index contributed by atoms with van der Waals surface area (Å²) in [6, 6.07) is 4.10. The fourth-order valence-electron chi connectivity index (χ4n) is 3.58. The van der Waals surface area contributed by atoms with Crippen LogP contribution in [0.5, 0.6) is 5.75 Å². The topological polar surface area (TPSA) is 79.4 Å². The molecule has 2 heterocycles. The molecular weight excluding hydrogens is 397 g/mol. The Morgan fingerprint density at radius 3 is 2.86 bits per heavy atom. The first-order chi connectivity index (χ1) is 13.8. The quantitative estimate of drug-likeness (QED) is 0.770. The van der Waals surface area contributed by atoms with Gasteiger partial charge in [0.1, 0.15) is 23.3 Å². The number of rotatable bonds is 5. The third kappa shape index (κ3) is 3.94. The van der Waals surface area contributed by atoms with E-state index in [9.17, 15) is 9.18 Å². The van der Waals surface area contributed by atoms with Crippen molar-refractivity contribution in [1.29, 1.82) is 0 Å². The van der Waals surface area contributed by atoms with Crippen LogP contribution in [0, 0.1) is 18.7 Å². The summed E-state index contributed by atoms with van der Waals surface area (Å²) in [6.07, 6.45) is 1.84. The van der Waals surface area contributed by atoms with Gasteiger partial charge in [0.2, 0.25) is 11.9 Å². The second-order valence-electron chi connectivity index (χ2n) is 7.67. The Bertz CT molecular complexity index is 951. The molecule has 1 aromatic heterocycles. The molecule has 0 saturated heterocycles. The molecule has 1 atom stereocenters. The van der Waals surface area contributed by atoms with Gasteiger partial charge in [-0.25, -0.2) is 9.37 Å². The van der Waals surface area contributed by atoms with Gasteiger partial charge in [-0.05, 0) is 50.8 Å². The number of likely N-dealkylation sites (N-methyl/N-ethyl adjacent to an activating group) is 1. The molecule has 9 heteroatoms. The molecule has 2 aromatic rings. The minimum atomic E-state index is -0.379.